The van der Waals surface area contributed by atoms with E-state index < -0.39 is 5.54 Å². The van der Waals surface area contributed by atoms with E-state index in [1.54, 1.807) is 0 Å². The maximum atomic E-state index is 2.46. The van der Waals surface area contributed by atoms with Gasteiger partial charge in [-0.05, 0) is 83.8 Å². The molecule has 8 aromatic rings. The summed E-state index contributed by atoms with van der Waals surface area (Å²) >= 11 is 0. The largest absolute Gasteiger partial charge is 0.267 e. The Morgan fingerprint density at radius 2 is 0.980 bits per heavy atom. The Labute approximate surface area is 292 Å². The van der Waals surface area contributed by atoms with Crippen molar-refractivity contribution in [2.45, 2.75) is 12.0 Å². The van der Waals surface area contributed by atoms with Crippen LogP contribution >= 0.6 is 0 Å². The molecule has 1 aliphatic rings. The molecule has 1 atom stereocenters. The van der Waals surface area contributed by atoms with E-state index in [2.05, 4.69) is 226 Å². The molecule has 2 heterocycles. The number of rotatable bonds is 8. The standard InChI is InChI=1S/C46H36N4/c1-4-16-40(17-5-1)46(50(43-20-8-3-9-21-43)48-35-31-39-15-11-13-23-45(39)48)32-28-37(29-33-46)36-24-26-42(27-25-36)49(41-18-6-2-7-19-41)47-34-30-38-14-10-12-22-44(38)47/h1-32,34-35H,33H2. The molecule has 4 heteroatoms. The van der Waals surface area contributed by atoms with Crippen LogP contribution in [0.15, 0.2) is 207 Å². The summed E-state index contributed by atoms with van der Waals surface area (Å²) in [6, 6.07) is 62.6. The minimum atomic E-state index is -0.465. The maximum absolute atomic E-state index is 2.46. The second-order valence-corrected chi connectivity index (χ2v) is 12.8. The summed E-state index contributed by atoms with van der Waals surface area (Å²) < 4.78 is 4.55. The lowest BCUT2D eigenvalue weighted by Gasteiger charge is -2.45. The molecule has 240 valence electrons. The first-order chi connectivity index (χ1) is 24.8. The summed E-state index contributed by atoms with van der Waals surface area (Å²) in [6.07, 6.45) is 12.2. The Bertz CT molecular complexity index is 2460. The van der Waals surface area contributed by atoms with Crippen LogP contribution < -0.4 is 10.0 Å². The molecule has 0 radical (unpaired) electrons. The van der Waals surface area contributed by atoms with Gasteiger partial charge in [-0.2, -0.15) is 0 Å². The Morgan fingerprint density at radius 3 is 1.60 bits per heavy atom. The van der Waals surface area contributed by atoms with Gasteiger partial charge in [-0.1, -0.05) is 133 Å². The smallest absolute Gasteiger partial charge is 0.108 e. The first-order valence-corrected chi connectivity index (χ1v) is 17.2. The first kappa shape index (κ1) is 29.6. The van der Waals surface area contributed by atoms with E-state index in [9.17, 15) is 0 Å². The number of nitrogens with zero attached hydrogens (tertiary/aromatic N) is 4. The van der Waals surface area contributed by atoms with E-state index in [-0.39, 0.29) is 0 Å². The van der Waals surface area contributed by atoms with Crippen molar-refractivity contribution in [1.29, 1.82) is 0 Å². The second kappa shape index (κ2) is 12.5. The number of aromatic nitrogens is 2. The van der Waals surface area contributed by atoms with Gasteiger partial charge in [0.15, 0.2) is 0 Å². The molecule has 1 unspecified atom stereocenters. The van der Waals surface area contributed by atoms with E-state index in [1.807, 2.05) is 0 Å². The Balaban J connectivity index is 1.11. The van der Waals surface area contributed by atoms with Crippen molar-refractivity contribution in [3.05, 3.63) is 218 Å². The number of anilines is 3. The van der Waals surface area contributed by atoms with Crippen LogP contribution in [0, 0.1) is 0 Å². The lowest BCUT2D eigenvalue weighted by atomic mass is 9.80. The zero-order chi connectivity index (χ0) is 33.3. The van der Waals surface area contributed by atoms with Gasteiger partial charge < -0.3 is 0 Å². The van der Waals surface area contributed by atoms with E-state index in [1.165, 1.54) is 33.0 Å². The van der Waals surface area contributed by atoms with Gasteiger partial charge in [-0.15, -0.1) is 0 Å². The van der Waals surface area contributed by atoms with Crippen LogP contribution in [0.5, 0.6) is 0 Å². The Hall–Kier alpha value is -6.52. The van der Waals surface area contributed by atoms with E-state index in [0.717, 1.165) is 29.0 Å². The highest BCUT2D eigenvalue weighted by Crippen LogP contribution is 2.43. The highest BCUT2D eigenvalue weighted by Gasteiger charge is 2.39. The molecule has 0 aliphatic heterocycles. The molecule has 6 aromatic carbocycles. The normalized spacial score (nSPS) is 15.6. The van der Waals surface area contributed by atoms with Crippen LogP contribution in [-0.4, -0.2) is 9.35 Å². The molecular weight excluding hydrogens is 609 g/mol. The molecule has 0 fully saturated rings. The van der Waals surface area contributed by atoms with Gasteiger partial charge in [0.05, 0.1) is 28.1 Å². The average Bonchev–Trinajstić information content (AvgIpc) is 3.82. The number of hydrogen-bond acceptors (Lipinski definition) is 2. The van der Waals surface area contributed by atoms with Crippen molar-refractivity contribution >= 4 is 44.4 Å². The summed E-state index contributed by atoms with van der Waals surface area (Å²) in [5.74, 6) is 0. The highest BCUT2D eigenvalue weighted by molar-refractivity contribution is 5.84. The predicted octanol–water partition coefficient (Wildman–Crippen LogP) is 11.4. The molecular formula is C46H36N4. The van der Waals surface area contributed by atoms with Crippen molar-refractivity contribution in [3.8, 4) is 0 Å². The third-order valence-electron chi connectivity index (χ3n) is 9.86. The fraction of sp³-hybridized carbons (Fsp3) is 0.0435. The summed E-state index contributed by atoms with van der Waals surface area (Å²) in [5, 5.41) is 7.15. The third-order valence-corrected chi connectivity index (χ3v) is 9.86. The van der Waals surface area contributed by atoms with Crippen LogP contribution in [0.25, 0.3) is 27.4 Å². The van der Waals surface area contributed by atoms with Crippen LogP contribution in [0.4, 0.5) is 17.1 Å². The van der Waals surface area contributed by atoms with Gasteiger partial charge in [-0.3, -0.25) is 14.4 Å². The molecule has 9 rings (SSSR count). The fourth-order valence-electron chi connectivity index (χ4n) is 7.43. The van der Waals surface area contributed by atoms with Crippen LogP contribution in [0.2, 0.25) is 0 Å². The van der Waals surface area contributed by atoms with Crippen molar-refractivity contribution in [2.75, 3.05) is 10.0 Å². The summed E-state index contributed by atoms with van der Waals surface area (Å²) in [6.45, 7) is 0. The number of hydrogen-bond donors (Lipinski definition) is 0. The summed E-state index contributed by atoms with van der Waals surface area (Å²) in [4.78, 5) is 0. The average molecular weight is 645 g/mol. The van der Waals surface area contributed by atoms with Gasteiger partial charge in [0.25, 0.3) is 0 Å². The van der Waals surface area contributed by atoms with Crippen molar-refractivity contribution in [1.82, 2.24) is 9.35 Å². The quantitative estimate of drug-likeness (QED) is 0.164. The molecule has 0 N–H and O–H groups in total. The molecule has 0 saturated heterocycles. The molecule has 1 aliphatic carbocycles. The van der Waals surface area contributed by atoms with E-state index >= 15 is 0 Å². The fourth-order valence-corrected chi connectivity index (χ4v) is 7.43. The zero-order valence-corrected chi connectivity index (χ0v) is 27.6. The molecule has 2 aromatic heterocycles. The molecule has 0 spiro atoms. The first-order valence-electron chi connectivity index (χ1n) is 17.2. The Morgan fingerprint density at radius 1 is 0.460 bits per heavy atom. The van der Waals surface area contributed by atoms with Crippen molar-refractivity contribution in [3.63, 3.8) is 0 Å². The number of fused-ring (bicyclic) bond motifs is 2. The van der Waals surface area contributed by atoms with Gasteiger partial charge in [-0.25, -0.2) is 5.01 Å². The zero-order valence-electron chi connectivity index (χ0n) is 27.6. The van der Waals surface area contributed by atoms with Gasteiger partial charge >= 0.3 is 0 Å². The van der Waals surface area contributed by atoms with Crippen molar-refractivity contribution < 1.29 is 0 Å². The minimum absolute atomic E-state index is 0.465. The molecule has 50 heavy (non-hydrogen) atoms. The molecule has 4 nitrogen and oxygen atoms in total. The second-order valence-electron chi connectivity index (χ2n) is 12.8. The summed E-state index contributed by atoms with van der Waals surface area (Å²) in [5.41, 5.74) is 8.83. The van der Waals surface area contributed by atoms with E-state index in [0.29, 0.717) is 0 Å². The Kier molecular flexibility index (Phi) is 7.40. The molecule has 0 bridgehead atoms. The van der Waals surface area contributed by atoms with E-state index in [4.69, 9.17) is 0 Å². The minimum Gasteiger partial charge on any atom is -0.267 e. The maximum Gasteiger partial charge on any atom is 0.108 e. The summed E-state index contributed by atoms with van der Waals surface area (Å²) in [7, 11) is 0. The lowest BCUT2D eigenvalue weighted by molar-refractivity contribution is 0.458. The third kappa shape index (κ3) is 5.10. The monoisotopic (exact) mass is 644 g/mol. The topological polar surface area (TPSA) is 16.3 Å². The number of para-hydroxylation sites is 4. The lowest BCUT2D eigenvalue weighted by Crippen LogP contribution is -2.48. The van der Waals surface area contributed by atoms with Gasteiger partial charge in [0.1, 0.15) is 5.54 Å². The number of allylic oxidation sites excluding steroid dienone is 2. The van der Waals surface area contributed by atoms with Gasteiger partial charge in [0.2, 0.25) is 0 Å². The molecule has 0 amide bonds. The van der Waals surface area contributed by atoms with Crippen molar-refractivity contribution in [2.24, 2.45) is 0 Å². The van der Waals surface area contributed by atoms with Crippen LogP contribution in [-0.2, 0) is 5.54 Å². The highest BCUT2D eigenvalue weighted by atomic mass is 15.6. The number of benzene rings is 6. The van der Waals surface area contributed by atoms with Crippen LogP contribution in [0.3, 0.4) is 0 Å². The van der Waals surface area contributed by atoms with Crippen LogP contribution in [0.1, 0.15) is 17.5 Å². The SMILES string of the molecule is C1=CC(c2ccccc2)(N(c2ccccc2)n2ccc3ccccc32)CC=C1c1ccc(N(c2ccccc2)n2ccc3ccccc32)cc1. The predicted molar refractivity (Wildman–Crippen MR) is 208 cm³/mol. The van der Waals surface area contributed by atoms with Gasteiger partial charge in [0, 0.05) is 23.2 Å². The molecule has 0 saturated carbocycles.